The Morgan fingerprint density at radius 3 is 3.17 bits per heavy atom. The quantitative estimate of drug-likeness (QED) is 0.848. The van der Waals surface area contributed by atoms with Crippen LogP contribution in [0.2, 0.25) is 0 Å². The monoisotopic (exact) mass is 263 g/mol. The third-order valence-electron chi connectivity index (χ3n) is 3.49. The highest BCUT2D eigenvalue weighted by Gasteiger charge is 2.19. The molecule has 3 heteroatoms. The number of aliphatic hydroxyl groups is 1. The van der Waals surface area contributed by atoms with Crippen molar-refractivity contribution in [3.8, 4) is 11.8 Å². The molecule has 0 aromatic carbocycles. The molecule has 1 aliphatic heterocycles. The first-order valence-corrected chi connectivity index (χ1v) is 7.59. The third kappa shape index (κ3) is 3.58. The Kier molecular flexibility index (Phi) is 5.25. The van der Waals surface area contributed by atoms with Crippen LogP contribution in [0.5, 0.6) is 0 Å². The fourth-order valence-electron chi connectivity index (χ4n) is 2.37. The van der Waals surface area contributed by atoms with Crippen LogP contribution in [0.15, 0.2) is 11.4 Å². The van der Waals surface area contributed by atoms with E-state index >= 15 is 0 Å². The Labute approximate surface area is 114 Å². The van der Waals surface area contributed by atoms with Gasteiger partial charge in [-0.3, -0.25) is 4.90 Å². The van der Waals surface area contributed by atoms with E-state index in [1.54, 1.807) is 11.3 Å². The minimum Gasteiger partial charge on any atom is -0.395 e. The number of thiophene rings is 1. The van der Waals surface area contributed by atoms with Crippen LogP contribution >= 0.6 is 11.3 Å². The summed E-state index contributed by atoms with van der Waals surface area (Å²) in [5.41, 5.74) is 1.14. The predicted octanol–water partition coefficient (Wildman–Crippen LogP) is 2.86. The third-order valence-corrected chi connectivity index (χ3v) is 4.40. The average Bonchev–Trinajstić information content (AvgIpc) is 2.80. The maximum Gasteiger partial charge on any atom is 0.0540 e. The molecule has 0 saturated carbocycles. The Balaban J connectivity index is 2.01. The lowest BCUT2D eigenvalue weighted by Crippen LogP contribution is -2.36. The Morgan fingerprint density at radius 2 is 2.39 bits per heavy atom. The smallest absolute Gasteiger partial charge is 0.0540 e. The fraction of sp³-hybridized carbons (Fsp3) is 0.600. The molecule has 1 saturated heterocycles. The first-order valence-electron chi connectivity index (χ1n) is 6.71. The van der Waals surface area contributed by atoms with Gasteiger partial charge in [0, 0.05) is 29.4 Å². The van der Waals surface area contributed by atoms with E-state index in [-0.39, 0.29) is 6.61 Å². The summed E-state index contributed by atoms with van der Waals surface area (Å²) in [4.78, 5) is 3.93. The molecule has 1 atom stereocenters. The lowest BCUT2D eigenvalue weighted by molar-refractivity contribution is 0.154. The number of aliphatic hydroxyl groups excluding tert-OH is 1. The molecule has 0 aliphatic carbocycles. The molecule has 0 bridgehead atoms. The second kappa shape index (κ2) is 6.94. The summed E-state index contributed by atoms with van der Waals surface area (Å²) in [6.45, 7) is 4.71. The van der Waals surface area contributed by atoms with Gasteiger partial charge in [0.1, 0.15) is 0 Å². The number of likely N-dealkylation sites (tertiary alicyclic amines) is 1. The number of nitrogens with zero attached hydrogens (tertiary/aromatic N) is 1. The van der Waals surface area contributed by atoms with E-state index in [1.165, 1.54) is 30.7 Å². The normalized spacial score (nSPS) is 20.4. The van der Waals surface area contributed by atoms with Gasteiger partial charge in [0.05, 0.1) is 6.61 Å². The highest BCUT2D eigenvalue weighted by molar-refractivity contribution is 7.10. The van der Waals surface area contributed by atoms with E-state index in [4.69, 9.17) is 5.11 Å². The number of hydrogen-bond donors (Lipinski definition) is 1. The summed E-state index contributed by atoms with van der Waals surface area (Å²) >= 11 is 1.80. The predicted molar refractivity (Wildman–Crippen MR) is 76.6 cm³/mol. The van der Waals surface area contributed by atoms with Crippen LogP contribution in [0.1, 0.15) is 43.0 Å². The van der Waals surface area contributed by atoms with Gasteiger partial charge >= 0.3 is 0 Å². The Hall–Kier alpha value is -0.820. The minimum atomic E-state index is 0.148. The maximum absolute atomic E-state index is 8.75. The molecule has 98 valence electrons. The minimum absolute atomic E-state index is 0.148. The number of piperidine rings is 1. The topological polar surface area (TPSA) is 23.5 Å². The molecule has 1 fully saturated rings. The van der Waals surface area contributed by atoms with Crippen LogP contribution in [0.3, 0.4) is 0 Å². The standard InChI is InChI=1S/C15H21NOS/c1-13-6-2-4-9-16(13)12-15-14(8-11-18-15)7-3-5-10-17/h8,11,13,17H,2,4-6,9-10,12H2,1H3. The molecule has 2 heterocycles. The summed E-state index contributed by atoms with van der Waals surface area (Å²) in [6.07, 6.45) is 4.57. The first kappa shape index (κ1) is 13.6. The van der Waals surface area contributed by atoms with Crippen LogP contribution in [0.4, 0.5) is 0 Å². The summed E-state index contributed by atoms with van der Waals surface area (Å²) in [7, 11) is 0. The fourth-order valence-corrected chi connectivity index (χ4v) is 3.22. The molecule has 1 unspecified atom stereocenters. The van der Waals surface area contributed by atoms with Gasteiger partial charge in [-0.15, -0.1) is 11.3 Å². The zero-order chi connectivity index (χ0) is 12.8. The van der Waals surface area contributed by atoms with Crippen molar-refractivity contribution in [1.29, 1.82) is 0 Å². The van der Waals surface area contributed by atoms with E-state index in [0.717, 1.165) is 12.1 Å². The van der Waals surface area contributed by atoms with Crippen molar-refractivity contribution < 1.29 is 5.11 Å². The van der Waals surface area contributed by atoms with E-state index < -0.39 is 0 Å². The molecule has 0 amide bonds. The molecule has 2 nitrogen and oxygen atoms in total. The van der Waals surface area contributed by atoms with Gasteiger partial charge in [0.2, 0.25) is 0 Å². The summed E-state index contributed by atoms with van der Waals surface area (Å²) < 4.78 is 0. The molecule has 1 N–H and O–H groups in total. The zero-order valence-corrected chi connectivity index (χ0v) is 11.8. The largest absolute Gasteiger partial charge is 0.395 e. The number of hydrogen-bond acceptors (Lipinski definition) is 3. The molecule has 1 aromatic rings. The van der Waals surface area contributed by atoms with E-state index in [2.05, 4.69) is 35.1 Å². The van der Waals surface area contributed by atoms with Crippen molar-refractivity contribution in [2.75, 3.05) is 13.2 Å². The van der Waals surface area contributed by atoms with Crippen molar-refractivity contribution in [2.45, 2.75) is 45.2 Å². The molecule has 2 rings (SSSR count). The second-order valence-electron chi connectivity index (χ2n) is 4.85. The van der Waals surface area contributed by atoms with Crippen LogP contribution in [0.25, 0.3) is 0 Å². The van der Waals surface area contributed by atoms with E-state index in [9.17, 15) is 0 Å². The van der Waals surface area contributed by atoms with Gasteiger partial charge in [-0.25, -0.2) is 0 Å². The lowest BCUT2D eigenvalue weighted by Gasteiger charge is -2.33. The van der Waals surface area contributed by atoms with E-state index in [1.807, 2.05) is 0 Å². The Morgan fingerprint density at radius 1 is 1.50 bits per heavy atom. The molecule has 1 aliphatic rings. The molecule has 1 aromatic heterocycles. The van der Waals surface area contributed by atoms with Crippen LogP contribution in [0, 0.1) is 11.8 Å². The highest BCUT2D eigenvalue weighted by Crippen LogP contribution is 2.23. The molecular weight excluding hydrogens is 242 g/mol. The van der Waals surface area contributed by atoms with Crippen molar-refractivity contribution in [3.05, 3.63) is 21.9 Å². The van der Waals surface area contributed by atoms with Gasteiger partial charge in [0.25, 0.3) is 0 Å². The van der Waals surface area contributed by atoms with Crippen LogP contribution in [-0.4, -0.2) is 29.2 Å². The average molecular weight is 263 g/mol. The van der Waals surface area contributed by atoms with Gasteiger partial charge < -0.3 is 5.11 Å². The first-order chi connectivity index (χ1) is 8.81. The van der Waals surface area contributed by atoms with Crippen molar-refractivity contribution in [1.82, 2.24) is 4.90 Å². The summed E-state index contributed by atoms with van der Waals surface area (Å²) in [5, 5.41) is 10.9. The van der Waals surface area contributed by atoms with Gasteiger partial charge in [0.15, 0.2) is 0 Å². The molecular formula is C15H21NOS. The highest BCUT2D eigenvalue weighted by atomic mass is 32.1. The number of rotatable bonds is 3. The van der Waals surface area contributed by atoms with Crippen molar-refractivity contribution in [3.63, 3.8) is 0 Å². The van der Waals surface area contributed by atoms with E-state index in [0.29, 0.717) is 12.5 Å². The van der Waals surface area contributed by atoms with Crippen LogP contribution < -0.4 is 0 Å². The van der Waals surface area contributed by atoms with Crippen LogP contribution in [-0.2, 0) is 6.54 Å². The Bertz CT molecular complexity index is 429. The zero-order valence-electron chi connectivity index (χ0n) is 11.0. The van der Waals surface area contributed by atoms with Gasteiger partial charge in [-0.1, -0.05) is 18.3 Å². The second-order valence-corrected chi connectivity index (χ2v) is 5.85. The lowest BCUT2D eigenvalue weighted by atomic mass is 10.0. The summed E-state index contributed by atoms with van der Waals surface area (Å²) in [5.74, 6) is 6.19. The van der Waals surface area contributed by atoms with Gasteiger partial charge in [-0.05, 0) is 37.8 Å². The summed E-state index contributed by atoms with van der Waals surface area (Å²) in [6, 6.07) is 2.79. The molecule has 18 heavy (non-hydrogen) atoms. The SMILES string of the molecule is CC1CCCCN1Cc1sccc1C#CCCO. The van der Waals surface area contributed by atoms with Crippen molar-refractivity contribution in [2.24, 2.45) is 0 Å². The van der Waals surface area contributed by atoms with Crippen molar-refractivity contribution >= 4 is 11.3 Å². The maximum atomic E-state index is 8.75. The van der Waals surface area contributed by atoms with Gasteiger partial charge in [-0.2, -0.15) is 0 Å². The molecule has 0 radical (unpaired) electrons. The molecule has 0 spiro atoms.